The third-order valence-corrected chi connectivity index (χ3v) is 6.49. The molecule has 3 rings (SSSR count). The van der Waals surface area contributed by atoms with Gasteiger partial charge in [-0.3, -0.25) is 4.79 Å². The van der Waals surface area contributed by atoms with Crippen molar-refractivity contribution >= 4 is 18.0 Å². The van der Waals surface area contributed by atoms with E-state index in [1.54, 1.807) is 18.2 Å². The van der Waals surface area contributed by atoms with Gasteiger partial charge in [-0.15, -0.1) is 0 Å². The van der Waals surface area contributed by atoms with Crippen LogP contribution in [-0.4, -0.2) is 30.8 Å². The number of esters is 2. The van der Waals surface area contributed by atoms with Crippen LogP contribution >= 0.6 is 0 Å². The second-order valence-electron chi connectivity index (χ2n) is 8.93. The van der Waals surface area contributed by atoms with Gasteiger partial charge in [0.1, 0.15) is 5.75 Å². The van der Waals surface area contributed by atoms with E-state index in [1.165, 1.54) is 7.11 Å². The summed E-state index contributed by atoms with van der Waals surface area (Å²) in [5, 5.41) is 10.1. The van der Waals surface area contributed by atoms with Crippen LogP contribution in [0.2, 0.25) is 0 Å². The molecular weight excluding hydrogens is 416 g/mol. The molecule has 1 N–H and O–H groups in total. The maximum absolute atomic E-state index is 12.0. The number of hydrogen-bond donors (Lipinski definition) is 1. The van der Waals surface area contributed by atoms with Crippen molar-refractivity contribution in [3.05, 3.63) is 71.3 Å². The standard InChI is InChI=1S/C28H34O5/c1-3-33-26(30)20-28(18-19-28)17-16-22(10-13-23-6-4-5-7-25(23)29)9-8-21-11-14-24(15-12-21)27(31)32-2/h4-7,10-15,22,29H,3,8-9,16-20H2,1-2H3. The zero-order valence-corrected chi connectivity index (χ0v) is 19.6. The van der Waals surface area contributed by atoms with Gasteiger partial charge < -0.3 is 14.6 Å². The van der Waals surface area contributed by atoms with Crippen LogP contribution in [0, 0.1) is 11.3 Å². The van der Waals surface area contributed by atoms with Gasteiger partial charge >= 0.3 is 11.9 Å². The number of ether oxygens (including phenoxy) is 2. The highest BCUT2D eigenvalue weighted by atomic mass is 16.5. The van der Waals surface area contributed by atoms with Gasteiger partial charge in [0.25, 0.3) is 0 Å². The molecule has 0 bridgehead atoms. The van der Waals surface area contributed by atoms with E-state index in [0.29, 0.717) is 24.5 Å². The number of phenols is 1. The zero-order chi connectivity index (χ0) is 23.7. The molecule has 0 spiro atoms. The first-order valence-corrected chi connectivity index (χ1v) is 11.7. The van der Waals surface area contributed by atoms with Crippen LogP contribution in [-0.2, 0) is 20.7 Å². The molecule has 1 atom stereocenters. The summed E-state index contributed by atoms with van der Waals surface area (Å²) in [6.07, 6.45) is 10.6. The van der Waals surface area contributed by atoms with Crippen molar-refractivity contribution in [1.82, 2.24) is 0 Å². The fraction of sp³-hybridized carbons (Fsp3) is 0.429. The first-order valence-electron chi connectivity index (χ1n) is 11.7. The summed E-state index contributed by atoms with van der Waals surface area (Å²) < 4.78 is 9.94. The third-order valence-electron chi connectivity index (χ3n) is 6.49. The van der Waals surface area contributed by atoms with Gasteiger partial charge in [0.15, 0.2) is 0 Å². The molecule has 0 aromatic heterocycles. The average molecular weight is 451 g/mol. The van der Waals surface area contributed by atoms with Gasteiger partial charge in [-0.1, -0.05) is 42.5 Å². The number of rotatable bonds is 12. The van der Waals surface area contributed by atoms with E-state index in [0.717, 1.165) is 49.7 Å². The number of aromatic hydroxyl groups is 1. The molecule has 0 radical (unpaired) electrons. The molecule has 1 aliphatic carbocycles. The van der Waals surface area contributed by atoms with Crippen molar-refractivity contribution < 1.29 is 24.2 Å². The largest absolute Gasteiger partial charge is 0.507 e. The number of phenolic OH excluding ortho intramolecular Hbond substituents is 1. The summed E-state index contributed by atoms with van der Waals surface area (Å²) in [6.45, 7) is 2.27. The summed E-state index contributed by atoms with van der Waals surface area (Å²) in [5.41, 5.74) is 2.61. The number of methoxy groups -OCH3 is 1. The van der Waals surface area contributed by atoms with Crippen molar-refractivity contribution in [2.24, 2.45) is 11.3 Å². The number of para-hydroxylation sites is 1. The molecule has 0 heterocycles. The SMILES string of the molecule is CCOC(=O)CC1(CCC(C=Cc2ccccc2O)CCc2ccc(C(=O)OC)cc2)CC1. The number of aryl methyl sites for hydroxylation is 1. The smallest absolute Gasteiger partial charge is 0.337 e. The quantitative estimate of drug-likeness (QED) is 0.404. The Morgan fingerprint density at radius 2 is 1.82 bits per heavy atom. The van der Waals surface area contributed by atoms with Crippen LogP contribution in [0.4, 0.5) is 0 Å². The minimum atomic E-state index is -0.332. The highest BCUT2D eigenvalue weighted by molar-refractivity contribution is 5.89. The normalized spacial score (nSPS) is 15.2. The van der Waals surface area contributed by atoms with Gasteiger partial charge in [0.2, 0.25) is 0 Å². The van der Waals surface area contributed by atoms with Gasteiger partial charge in [0, 0.05) is 5.56 Å². The van der Waals surface area contributed by atoms with E-state index in [9.17, 15) is 14.7 Å². The number of benzene rings is 2. The molecule has 5 heteroatoms. The molecule has 1 fully saturated rings. The van der Waals surface area contributed by atoms with E-state index >= 15 is 0 Å². The van der Waals surface area contributed by atoms with E-state index in [1.807, 2.05) is 43.3 Å². The van der Waals surface area contributed by atoms with Crippen LogP contribution in [0.1, 0.15) is 66.9 Å². The molecule has 2 aromatic carbocycles. The Labute approximate surface area is 196 Å². The van der Waals surface area contributed by atoms with Gasteiger partial charge in [-0.2, -0.15) is 0 Å². The van der Waals surface area contributed by atoms with Gasteiger partial charge in [0.05, 0.1) is 25.7 Å². The van der Waals surface area contributed by atoms with Crippen molar-refractivity contribution in [2.45, 2.75) is 51.9 Å². The molecule has 0 saturated heterocycles. The van der Waals surface area contributed by atoms with Crippen molar-refractivity contribution in [3.8, 4) is 5.75 Å². The minimum absolute atomic E-state index is 0.0927. The van der Waals surface area contributed by atoms with E-state index in [4.69, 9.17) is 9.47 Å². The Balaban J connectivity index is 1.64. The first-order chi connectivity index (χ1) is 15.9. The number of allylic oxidation sites excluding steroid dienone is 1. The van der Waals surface area contributed by atoms with Crippen LogP contribution < -0.4 is 0 Å². The molecule has 176 valence electrons. The van der Waals surface area contributed by atoms with E-state index < -0.39 is 0 Å². The Morgan fingerprint density at radius 1 is 1.09 bits per heavy atom. The van der Waals surface area contributed by atoms with Crippen LogP contribution in [0.3, 0.4) is 0 Å². The molecule has 0 aliphatic heterocycles. The van der Waals surface area contributed by atoms with E-state index in [2.05, 4.69) is 6.08 Å². The zero-order valence-electron chi connectivity index (χ0n) is 19.6. The molecule has 5 nitrogen and oxygen atoms in total. The lowest BCUT2D eigenvalue weighted by molar-refractivity contribution is -0.144. The summed E-state index contributed by atoms with van der Waals surface area (Å²) >= 11 is 0. The maximum atomic E-state index is 12.0. The number of carbonyl (C=O) groups excluding carboxylic acids is 2. The maximum Gasteiger partial charge on any atom is 0.337 e. The highest BCUT2D eigenvalue weighted by Crippen LogP contribution is 2.53. The topological polar surface area (TPSA) is 72.8 Å². The summed E-state index contributed by atoms with van der Waals surface area (Å²) in [6, 6.07) is 14.9. The molecular formula is C28H34O5. The average Bonchev–Trinajstić information content (AvgIpc) is 3.58. The first kappa shape index (κ1) is 24.6. The van der Waals surface area contributed by atoms with Gasteiger partial charge in [-0.25, -0.2) is 4.79 Å². The summed E-state index contributed by atoms with van der Waals surface area (Å²) in [7, 11) is 1.38. The lowest BCUT2D eigenvalue weighted by Gasteiger charge is -2.18. The minimum Gasteiger partial charge on any atom is -0.507 e. The summed E-state index contributed by atoms with van der Waals surface area (Å²) in [4.78, 5) is 23.7. The number of hydrogen-bond acceptors (Lipinski definition) is 5. The van der Waals surface area contributed by atoms with Crippen LogP contribution in [0.5, 0.6) is 5.75 Å². The Bertz CT molecular complexity index is 957. The highest BCUT2D eigenvalue weighted by Gasteiger charge is 2.44. The predicted molar refractivity (Wildman–Crippen MR) is 129 cm³/mol. The lowest BCUT2D eigenvalue weighted by Crippen LogP contribution is -2.14. The Kier molecular flexibility index (Phi) is 8.70. The molecule has 1 saturated carbocycles. The molecule has 1 aliphatic rings. The van der Waals surface area contributed by atoms with Crippen molar-refractivity contribution in [3.63, 3.8) is 0 Å². The second kappa shape index (κ2) is 11.7. The molecule has 33 heavy (non-hydrogen) atoms. The van der Waals surface area contributed by atoms with E-state index in [-0.39, 0.29) is 23.1 Å². The van der Waals surface area contributed by atoms with Crippen LogP contribution in [0.25, 0.3) is 6.08 Å². The number of carbonyl (C=O) groups is 2. The lowest BCUT2D eigenvalue weighted by atomic mass is 9.87. The molecule has 1 unspecified atom stereocenters. The molecule has 0 amide bonds. The fourth-order valence-electron chi connectivity index (χ4n) is 4.18. The molecule has 2 aromatic rings. The second-order valence-corrected chi connectivity index (χ2v) is 8.93. The summed E-state index contributed by atoms with van der Waals surface area (Å²) in [5.74, 6) is 0.153. The van der Waals surface area contributed by atoms with Crippen molar-refractivity contribution in [2.75, 3.05) is 13.7 Å². The van der Waals surface area contributed by atoms with Crippen LogP contribution in [0.15, 0.2) is 54.6 Å². The monoisotopic (exact) mass is 450 g/mol. The Morgan fingerprint density at radius 3 is 2.45 bits per heavy atom. The third kappa shape index (κ3) is 7.48. The fourth-order valence-corrected chi connectivity index (χ4v) is 4.18. The Hall–Kier alpha value is -3.08. The van der Waals surface area contributed by atoms with Gasteiger partial charge in [-0.05, 0) is 80.5 Å². The van der Waals surface area contributed by atoms with Crippen molar-refractivity contribution in [1.29, 1.82) is 0 Å². The predicted octanol–water partition coefficient (Wildman–Crippen LogP) is 5.95.